The number of amides is 1. The van der Waals surface area contributed by atoms with Crippen LogP contribution in [-0.4, -0.2) is 16.0 Å². The Morgan fingerprint density at radius 1 is 0.929 bits per heavy atom. The van der Waals surface area contributed by atoms with Gasteiger partial charge in [-0.2, -0.15) is 4.98 Å². The van der Waals surface area contributed by atoms with Gasteiger partial charge in [-0.05, 0) is 36.2 Å². The lowest BCUT2D eigenvalue weighted by molar-refractivity contribution is 0.102. The maximum absolute atomic E-state index is 12.6. The average molecular weight is 369 g/mol. The fraction of sp³-hybridized carbons (Fsp3) is 0.0870. The summed E-state index contributed by atoms with van der Waals surface area (Å²) in [6, 6.07) is 24.6. The molecular formula is C23H19N3O2. The van der Waals surface area contributed by atoms with E-state index in [2.05, 4.69) is 22.4 Å². The van der Waals surface area contributed by atoms with E-state index in [9.17, 15) is 4.79 Å². The highest BCUT2D eigenvalue weighted by molar-refractivity contribution is 6.06. The average Bonchev–Trinajstić information content (AvgIpc) is 3.25. The summed E-state index contributed by atoms with van der Waals surface area (Å²) in [4.78, 5) is 17.1. The molecule has 0 radical (unpaired) electrons. The van der Waals surface area contributed by atoms with Crippen LogP contribution < -0.4 is 5.32 Å². The zero-order valence-corrected chi connectivity index (χ0v) is 15.4. The van der Waals surface area contributed by atoms with Gasteiger partial charge in [-0.15, -0.1) is 0 Å². The second kappa shape index (κ2) is 7.88. The number of anilines is 1. The minimum Gasteiger partial charge on any atom is -0.334 e. The maximum atomic E-state index is 12.6. The van der Waals surface area contributed by atoms with Gasteiger partial charge in [0.05, 0.1) is 11.3 Å². The highest BCUT2D eigenvalue weighted by Crippen LogP contribution is 2.28. The molecule has 0 aliphatic rings. The summed E-state index contributed by atoms with van der Waals surface area (Å²) in [7, 11) is 0. The Labute approximate surface area is 163 Å². The maximum Gasteiger partial charge on any atom is 0.260 e. The lowest BCUT2D eigenvalue weighted by atomic mass is 10.1. The van der Waals surface area contributed by atoms with Gasteiger partial charge in [0.1, 0.15) is 0 Å². The second-order valence-corrected chi connectivity index (χ2v) is 6.34. The van der Waals surface area contributed by atoms with Gasteiger partial charge in [0.2, 0.25) is 5.82 Å². The van der Waals surface area contributed by atoms with E-state index >= 15 is 0 Å². The third-order valence-corrected chi connectivity index (χ3v) is 4.49. The fourth-order valence-electron chi connectivity index (χ4n) is 2.90. The molecule has 0 fully saturated rings. The van der Waals surface area contributed by atoms with Gasteiger partial charge in [-0.3, -0.25) is 4.79 Å². The number of hydrogen-bond acceptors (Lipinski definition) is 4. The Balaban J connectivity index is 1.60. The van der Waals surface area contributed by atoms with Crippen LogP contribution in [0.15, 0.2) is 83.4 Å². The van der Waals surface area contributed by atoms with E-state index < -0.39 is 0 Å². The Morgan fingerprint density at radius 2 is 1.64 bits per heavy atom. The molecule has 0 aliphatic heterocycles. The first-order valence-corrected chi connectivity index (χ1v) is 9.13. The smallest absolute Gasteiger partial charge is 0.260 e. The number of hydrogen-bond donors (Lipinski definition) is 1. The fourth-order valence-corrected chi connectivity index (χ4v) is 2.90. The zero-order chi connectivity index (χ0) is 19.3. The van der Waals surface area contributed by atoms with Crippen molar-refractivity contribution in [2.75, 3.05) is 5.32 Å². The number of carbonyl (C=O) groups is 1. The van der Waals surface area contributed by atoms with E-state index in [1.54, 1.807) is 0 Å². The first kappa shape index (κ1) is 17.7. The van der Waals surface area contributed by atoms with Crippen molar-refractivity contribution in [3.05, 3.63) is 90.0 Å². The van der Waals surface area contributed by atoms with Gasteiger partial charge in [0.25, 0.3) is 11.8 Å². The molecule has 0 unspecified atom stereocenters. The number of nitrogens with zero attached hydrogens (tertiary/aromatic N) is 2. The molecule has 5 heteroatoms. The van der Waals surface area contributed by atoms with E-state index in [0.29, 0.717) is 28.5 Å². The predicted molar refractivity (Wildman–Crippen MR) is 109 cm³/mol. The minimum absolute atomic E-state index is 0.182. The van der Waals surface area contributed by atoms with Crippen LogP contribution in [-0.2, 0) is 6.42 Å². The predicted octanol–water partition coefficient (Wildman–Crippen LogP) is 5.22. The van der Waals surface area contributed by atoms with Crippen molar-refractivity contribution in [3.63, 3.8) is 0 Å². The Hall–Kier alpha value is -3.73. The van der Waals surface area contributed by atoms with Crippen molar-refractivity contribution >= 4 is 11.6 Å². The van der Waals surface area contributed by atoms with Crippen molar-refractivity contribution < 1.29 is 9.32 Å². The molecule has 0 spiro atoms. The summed E-state index contributed by atoms with van der Waals surface area (Å²) >= 11 is 0. The molecule has 3 aromatic carbocycles. The second-order valence-electron chi connectivity index (χ2n) is 6.34. The van der Waals surface area contributed by atoms with Crippen LogP contribution in [0, 0.1) is 0 Å². The number of aryl methyl sites for hydroxylation is 1. The first-order chi connectivity index (χ1) is 13.7. The van der Waals surface area contributed by atoms with Crippen molar-refractivity contribution in [1.29, 1.82) is 0 Å². The number of aromatic nitrogens is 2. The Kier molecular flexibility index (Phi) is 4.97. The summed E-state index contributed by atoms with van der Waals surface area (Å²) in [6.45, 7) is 2.08. The lowest BCUT2D eigenvalue weighted by Gasteiger charge is -2.09. The zero-order valence-electron chi connectivity index (χ0n) is 15.4. The van der Waals surface area contributed by atoms with E-state index in [0.717, 1.165) is 12.0 Å². The van der Waals surface area contributed by atoms with Gasteiger partial charge in [0, 0.05) is 11.1 Å². The number of rotatable bonds is 5. The molecule has 5 nitrogen and oxygen atoms in total. The molecule has 1 aromatic heterocycles. The van der Waals surface area contributed by atoms with E-state index in [-0.39, 0.29) is 5.91 Å². The van der Waals surface area contributed by atoms with Crippen molar-refractivity contribution in [2.45, 2.75) is 13.3 Å². The summed E-state index contributed by atoms with van der Waals surface area (Å²) in [5.74, 6) is 0.681. The number of nitrogens with one attached hydrogen (secondary N) is 1. The number of para-hydroxylation sites is 1. The minimum atomic E-state index is -0.182. The van der Waals surface area contributed by atoms with Crippen LogP contribution in [0.4, 0.5) is 5.69 Å². The van der Waals surface area contributed by atoms with E-state index in [4.69, 9.17) is 4.52 Å². The molecule has 4 aromatic rings. The van der Waals surface area contributed by atoms with Crippen LogP contribution in [0.1, 0.15) is 22.8 Å². The van der Waals surface area contributed by atoms with Crippen LogP contribution in [0.3, 0.4) is 0 Å². The Morgan fingerprint density at radius 3 is 2.39 bits per heavy atom. The third-order valence-electron chi connectivity index (χ3n) is 4.49. The molecular weight excluding hydrogens is 350 g/mol. The molecule has 4 rings (SSSR count). The molecule has 0 saturated heterocycles. The van der Waals surface area contributed by atoms with E-state index in [1.165, 1.54) is 5.56 Å². The standard InChI is InChI=1S/C23H19N3O2/c1-2-16-12-14-18(15-13-16)22(27)24-20-11-7-6-10-19(20)23-25-21(26-28-23)17-8-4-3-5-9-17/h3-15H,2H2,1H3,(H,24,27). The quantitative estimate of drug-likeness (QED) is 0.524. The normalized spacial score (nSPS) is 10.6. The van der Waals surface area contributed by atoms with Gasteiger partial charge in [0.15, 0.2) is 0 Å². The van der Waals surface area contributed by atoms with E-state index in [1.807, 2.05) is 78.9 Å². The largest absolute Gasteiger partial charge is 0.334 e. The molecule has 1 heterocycles. The monoisotopic (exact) mass is 369 g/mol. The molecule has 138 valence electrons. The highest BCUT2D eigenvalue weighted by Gasteiger charge is 2.16. The number of benzene rings is 3. The topological polar surface area (TPSA) is 68.0 Å². The number of carbonyl (C=O) groups excluding carboxylic acids is 1. The van der Waals surface area contributed by atoms with Crippen molar-refractivity contribution in [1.82, 2.24) is 10.1 Å². The highest BCUT2D eigenvalue weighted by atomic mass is 16.5. The van der Waals surface area contributed by atoms with Crippen LogP contribution in [0.2, 0.25) is 0 Å². The lowest BCUT2D eigenvalue weighted by Crippen LogP contribution is -2.12. The summed E-state index contributed by atoms with van der Waals surface area (Å²) in [5.41, 5.74) is 3.96. The first-order valence-electron chi connectivity index (χ1n) is 9.13. The summed E-state index contributed by atoms with van der Waals surface area (Å²) < 4.78 is 5.45. The van der Waals surface area contributed by atoms with Gasteiger partial charge < -0.3 is 9.84 Å². The van der Waals surface area contributed by atoms with Crippen LogP contribution >= 0.6 is 0 Å². The van der Waals surface area contributed by atoms with Crippen molar-refractivity contribution in [2.24, 2.45) is 0 Å². The summed E-state index contributed by atoms with van der Waals surface area (Å²) in [5, 5.41) is 7.01. The SMILES string of the molecule is CCc1ccc(C(=O)Nc2ccccc2-c2nc(-c3ccccc3)no2)cc1. The summed E-state index contributed by atoms with van der Waals surface area (Å²) in [6.07, 6.45) is 0.936. The molecule has 1 amide bonds. The molecule has 1 N–H and O–H groups in total. The van der Waals surface area contributed by atoms with Gasteiger partial charge in [-0.1, -0.05) is 66.7 Å². The third kappa shape index (κ3) is 3.69. The molecule has 0 atom stereocenters. The van der Waals surface area contributed by atoms with Gasteiger partial charge >= 0.3 is 0 Å². The van der Waals surface area contributed by atoms with Crippen LogP contribution in [0.5, 0.6) is 0 Å². The van der Waals surface area contributed by atoms with Gasteiger partial charge in [-0.25, -0.2) is 0 Å². The van der Waals surface area contributed by atoms with Crippen LogP contribution in [0.25, 0.3) is 22.8 Å². The molecule has 0 aliphatic carbocycles. The molecule has 0 saturated carbocycles. The molecule has 0 bridgehead atoms. The Bertz CT molecular complexity index is 1090. The van der Waals surface area contributed by atoms with Crippen molar-refractivity contribution in [3.8, 4) is 22.8 Å². The molecule has 28 heavy (non-hydrogen) atoms.